The second-order valence-electron chi connectivity index (χ2n) is 7.10. The molecule has 0 spiro atoms. The lowest BCUT2D eigenvalue weighted by atomic mass is 10.1. The molecule has 5 rings (SSSR count). The van der Waals surface area contributed by atoms with Gasteiger partial charge in [0.1, 0.15) is 34.8 Å². The van der Waals surface area contributed by atoms with E-state index in [4.69, 9.17) is 5.73 Å². The first-order valence-corrected chi connectivity index (χ1v) is 10.6. The summed E-state index contributed by atoms with van der Waals surface area (Å²) in [7, 11) is 0. The van der Waals surface area contributed by atoms with Gasteiger partial charge in [0, 0.05) is 23.5 Å². The predicted octanol–water partition coefficient (Wildman–Crippen LogP) is 3.01. The van der Waals surface area contributed by atoms with E-state index in [1.807, 2.05) is 54.9 Å². The SMILES string of the molecule is C[C@H](Nc1ncnc(N)c1-c1nccs1)C1Nn2cccc2C(=O)N1c1ccccc1. The zero-order chi connectivity index (χ0) is 21.4. The maximum absolute atomic E-state index is 13.3. The van der Waals surface area contributed by atoms with Crippen LogP contribution in [0.15, 0.2) is 66.6 Å². The molecule has 10 heteroatoms. The fourth-order valence-electron chi connectivity index (χ4n) is 3.68. The van der Waals surface area contributed by atoms with Crippen LogP contribution >= 0.6 is 11.3 Å². The third-order valence-electron chi connectivity index (χ3n) is 5.13. The van der Waals surface area contributed by atoms with Gasteiger partial charge in [-0.3, -0.25) is 14.4 Å². The Kier molecular flexibility index (Phi) is 4.75. The Hall–Kier alpha value is -3.92. The largest absolute Gasteiger partial charge is 0.383 e. The Morgan fingerprint density at radius 1 is 1.16 bits per heavy atom. The zero-order valence-corrected chi connectivity index (χ0v) is 17.5. The number of hydrogen-bond donors (Lipinski definition) is 3. The van der Waals surface area contributed by atoms with Crippen LogP contribution in [0.1, 0.15) is 17.4 Å². The van der Waals surface area contributed by atoms with Crippen LogP contribution in [0.4, 0.5) is 17.3 Å². The van der Waals surface area contributed by atoms with E-state index in [1.165, 1.54) is 17.7 Å². The number of amides is 1. The molecule has 1 amide bonds. The molecule has 0 bridgehead atoms. The quantitative estimate of drug-likeness (QED) is 0.444. The van der Waals surface area contributed by atoms with Gasteiger partial charge in [-0.1, -0.05) is 18.2 Å². The topological polar surface area (TPSA) is 114 Å². The lowest BCUT2D eigenvalue weighted by Crippen LogP contribution is -2.59. The molecule has 4 heterocycles. The fourth-order valence-corrected chi connectivity index (χ4v) is 4.37. The monoisotopic (exact) mass is 432 g/mol. The summed E-state index contributed by atoms with van der Waals surface area (Å²) in [5.74, 6) is 0.825. The molecule has 3 aromatic heterocycles. The Balaban J connectivity index is 1.52. The number of aromatic nitrogens is 4. The van der Waals surface area contributed by atoms with E-state index in [-0.39, 0.29) is 11.9 Å². The lowest BCUT2D eigenvalue weighted by molar-refractivity contribution is 0.0955. The number of nitrogens with one attached hydrogen (secondary N) is 2. The lowest BCUT2D eigenvalue weighted by Gasteiger charge is -2.41. The smallest absolute Gasteiger partial charge is 0.278 e. The molecule has 1 aromatic carbocycles. The number of nitrogen functional groups attached to an aromatic ring is 1. The van der Waals surface area contributed by atoms with Gasteiger partial charge in [0.15, 0.2) is 0 Å². The Morgan fingerprint density at radius 3 is 2.77 bits per heavy atom. The second kappa shape index (κ2) is 7.73. The first kappa shape index (κ1) is 19.1. The van der Waals surface area contributed by atoms with Crippen molar-refractivity contribution in [1.29, 1.82) is 0 Å². The van der Waals surface area contributed by atoms with Crippen molar-refractivity contribution in [1.82, 2.24) is 19.6 Å². The van der Waals surface area contributed by atoms with Gasteiger partial charge in [0.25, 0.3) is 5.91 Å². The maximum atomic E-state index is 13.3. The summed E-state index contributed by atoms with van der Waals surface area (Å²) >= 11 is 1.46. The zero-order valence-electron chi connectivity index (χ0n) is 16.6. The van der Waals surface area contributed by atoms with Gasteiger partial charge >= 0.3 is 0 Å². The minimum atomic E-state index is -0.393. The van der Waals surface area contributed by atoms with Crippen LogP contribution in [0.5, 0.6) is 0 Å². The summed E-state index contributed by atoms with van der Waals surface area (Å²) < 4.78 is 1.75. The summed E-state index contributed by atoms with van der Waals surface area (Å²) in [6, 6.07) is 13.0. The molecule has 31 heavy (non-hydrogen) atoms. The number of fused-ring (bicyclic) bond motifs is 1. The number of nitrogens with two attached hydrogens (primary N) is 1. The van der Waals surface area contributed by atoms with Crippen LogP contribution in [0.2, 0.25) is 0 Å². The molecule has 4 aromatic rings. The van der Waals surface area contributed by atoms with E-state index < -0.39 is 6.17 Å². The molecule has 1 aliphatic rings. The van der Waals surface area contributed by atoms with E-state index in [9.17, 15) is 4.79 Å². The standard InChI is InChI=1S/C21H20N8OS/c1-13(26-18-16(17(22)24-12-25-18)20-23-9-11-31-20)19-27-28-10-5-8-15(28)21(30)29(19)14-6-3-2-4-7-14/h2-13,19,27H,1H3,(H3,22,24,25,26)/t13-,19?/m0/s1. The van der Waals surface area contributed by atoms with E-state index in [0.29, 0.717) is 22.9 Å². The van der Waals surface area contributed by atoms with E-state index in [2.05, 4.69) is 25.7 Å². The van der Waals surface area contributed by atoms with Gasteiger partial charge < -0.3 is 16.5 Å². The van der Waals surface area contributed by atoms with Crippen LogP contribution < -0.4 is 21.4 Å². The molecule has 1 aliphatic heterocycles. The number of hydrogen-bond acceptors (Lipinski definition) is 8. The van der Waals surface area contributed by atoms with Crippen molar-refractivity contribution in [2.24, 2.45) is 0 Å². The molecule has 0 saturated heterocycles. The van der Waals surface area contributed by atoms with Gasteiger partial charge in [-0.15, -0.1) is 11.3 Å². The van der Waals surface area contributed by atoms with Crippen molar-refractivity contribution in [3.8, 4) is 10.6 Å². The van der Waals surface area contributed by atoms with Crippen molar-refractivity contribution in [3.63, 3.8) is 0 Å². The minimum absolute atomic E-state index is 0.0871. The molecular weight excluding hydrogens is 412 g/mol. The van der Waals surface area contributed by atoms with Crippen molar-refractivity contribution >= 4 is 34.6 Å². The second-order valence-corrected chi connectivity index (χ2v) is 8.00. The van der Waals surface area contributed by atoms with E-state index in [0.717, 1.165) is 10.7 Å². The van der Waals surface area contributed by atoms with Gasteiger partial charge in [-0.05, 0) is 31.2 Å². The number of para-hydroxylation sites is 1. The summed E-state index contributed by atoms with van der Waals surface area (Å²) in [6.07, 6.45) is 4.57. The summed E-state index contributed by atoms with van der Waals surface area (Å²) in [4.78, 5) is 28.0. The number of carbonyl (C=O) groups excluding carboxylic acids is 1. The molecule has 156 valence electrons. The minimum Gasteiger partial charge on any atom is -0.383 e. The molecule has 2 atom stereocenters. The third-order valence-corrected chi connectivity index (χ3v) is 5.92. The summed E-state index contributed by atoms with van der Waals surface area (Å²) in [5.41, 5.74) is 11.6. The molecule has 1 unspecified atom stereocenters. The molecule has 0 radical (unpaired) electrons. The number of benzene rings is 1. The highest BCUT2D eigenvalue weighted by Crippen LogP contribution is 2.33. The van der Waals surface area contributed by atoms with E-state index in [1.54, 1.807) is 21.8 Å². The number of anilines is 3. The van der Waals surface area contributed by atoms with Crippen LogP contribution in [0, 0.1) is 0 Å². The Bertz CT molecular complexity index is 1210. The molecule has 4 N–H and O–H groups in total. The highest BCUT2D eigenvalue weighted by Gasteiger charge is 2.36. The highest BCUT2D eigenvalue weighted by atomic mass is 32.1. The maximum Gasteiger partial charge on any atom is 0.278 e. The van der Waals surface area contributed by atoms with Gasteiger partial charge in [0.05, 0.1) is 11.6 Å². The molecule has 9 nitrogen and oxygen atoms in total. The summed E-state index contributed by atoms with van der Waals surface area (Å²) in [6.45, 7) is 1.99. The van der Waals surface area contributed by atoms with Crippen molar-refractivity contribution in [2.45, 2.75) is 19.1 Å². The van der Waals surface area contributed by atoms with Crippen molar-refractivity contribution < 1.29 is 4.79 Å². The first-order chi connectivity index (χ1) is 15.1. The van der Waals surface area contributed by atoms with Crippen molar-refractivity contribution in [3.05, 3.63) is 72.3 Å². The fraction of sp³-hybridized carbons (Fsp3) is 0.143. The van der Waals surface area contributed by atoms with Gasteiger partial charge in [-0.25, -0.2) is 15.0 Å². The number of nitrogens with zero attached hydrogens (tertiary/aromatic N) is 5. The summed E-state index contributed by atoms with van der Waals surface area (Å²) in [5, 5.41) is 6.02. The van der Waals surface area contributed by atoms with Crippen molar-refractivity contribution in [2.75, 3.05) is 21.4 Å². The normalized spacial score (nSPS) is 16.5. The average Bonchev–Trinajstić information content (AvgIpc) is 3.46. The van der Waals surface area contributed by atoms with E-state index >= 15 is 0 Å². The van der Waals surface area contributed by atoms with Crippen LogP contribution in [0.3, 0.4) is 0 Å². The molecule has 0 aliphatic carbocycles. The van der Waals surface area contributed by atoms with Gasteiger partial charge in [0.2, 0.25) is 0 Å². The van der Waals surface area contributed by atoms with Crippen LogP contribution in [-0.2, 0) is 0 Å². The Labute approximate surface area is 182 Å². The van der Waals surface area contributed by atoms with Gasteiger partial charge in [-0.2, -0.15) is 0 Å². The first-order valence-electron chi connectivity index (χ1n) is 9.73. The number of thiazole rings is 1. The molecule has 0 saturated carbocycles. The number of carbonyl (C=O) groups is 1. The third kappa shape index (κ3) is 3.36. The Morgan fingerprint density at radius 2 is 2.00 bits per heavy atom. The average molecular weight is 433 g/mol. The molecule has 0 fully saturated rings. The van der Waals surface area contributed by atoms with Crippen LogP contribution in [0.25, 0.3) is 10.6 Å². The number of rotatable bonds is 5. The van der Waals surface area contributed by atoms with Crippen LogP contribution in [-0.4, -0.2) is 37.7 Å². The predicted molar refractivity (Wildman–Crippen MR) is 121 cm³/mol. The highest BCUT2D eigenvalue weighted by molar-refractivity contribution is 7.13. The molecular formula is C21H20N8OS.